The number of hydrogen-bond donors (Lipinski definition) is 1. The third kappa shape index (κ3) is 2.75. The summed E-state index contributed by atoms with van der Waals surface area (Å²) in [4.78, 5) is 14.5. The van der Waals surface area contributed by atoms with Crippen molar-refractivity contribution in [3.05, 3.63) is 28.8 Å². The molecule has 0 saturated carbocycles. The van der Waals surface area contributed by atoms with Gasteiger partial charge in [-0.05, 0) is 25.1 Å². The molecule has 5 heteroatoms. The van der Waals surface area contributed by atoms with E-state index in [2.05, 4.69) is 12.2 Å². The van der Waals surface area contributed by atoms with E-state index in [-0.39, 0.29) is 11.9 Å². The first-order valence-corrected chi connectivity index (χ1v) is 7.52. The maximum Gasteiger partial charge on any atom is 0.256 e. The lowest BCUT2D eigenvalue weighted by molar-refractivity contribution is 0.0717. The average molecular weight is 285 g/mol. The van der Waals surface area contributed by atoms with Crippen LogP contribution in [0.25, 0.3) is 0 Å². The van der Waals surface area contributed by atoms with E-state index in [1.165, 1.54) is 0 Å². The summed E-state index contributed by atoms with van der Waals surface area (Å²) in [7, 11) is 1.81. The van der Waals surface area contributed by atoms with Gasteiger partial charge in [-0.1, -0.05) is 11.6 Å². The summed E-state index contributed by atoms with van der Waals surface area (Å²) >= 11 is 7.89. The molecule has 0 aromatic heterocycles. The van der Waals surface area contributed by atoms with E-state index in [9.17, 15) is 4.79 Å². The molecule has 1 aromatic carbocycles. The third-order valence-electron chi connectivity index (χ3n) is 3.11. The molecule has 98 valence electrons. The molecule has 0 radical (unpaired) electrons. The number of hydrogen-bond acceptors (Lipinski definition) is 3. The Balaban J connectivity index is 2.29. The van der Waals surface area contributed by atoms with Crippen LogP contribution in [0.2, 0.25) is 5.02 Å². The Labute approximate surface area is 117 Å². The van der Waals surface area contributed by atoms with Gasteiger partial charge >= 0.3 is 0 Å². The molecule has 3 nitrogen and oxygen atoms in total. The predicted octanol–water partition coefficient (Wildman–Crippen LogP) is 2.96. The number of carbonyl (C=O) groups excluding carboxylic acids is 1. The van der Waals surface area contributed by atoms with Gasteiger partial charge in [-0.2, -0.15) is 11.8 Å². The fourth-order valence-electron chi connectivity index (χ4n) is 2.09. The summed E-state index contributed by atoms with van der Waals surface area (Å²) in [6.45, 7) is 2.90. The predicted molar refractivity (Wildman–Crippen MR) is 78.8 cm³/mol. The van der Waals surface area contributed by atoms with Crippen LogP contribution in [0, 0.1) is 0 Å². The quantitative estimate of drug-likeness (QED) is 0.906. The highest BCUT2D eigenvalue weighted by Crippen LogP contribution is 2.25. The van der Waals surface area contributed by atoms with Crippen LogP contribution in [0.5, 0.6) is 0 Å². The van der Waals surface area contributed by atoms with Gasteiger partial charge in [0.1, 0.15) is 0 Å². The van der Waals surface area contributed by atoms with Crippen LogP contribution in [-0.4, -0.2) is 41.9 Å². The van der Waals surface area contributed by atoms with Crippen molar-refractivity contribution in [3.63, 3.8) is 0 Å². The van der Waals surface area contributed by atoms with E-state index in [4.69, 9.17) is 11.6 Å². The first-order valence-electron chi connectivity index (χ1n) is 5.99. The molecule has 18 heavy (non-hydrogen) atoms. The van der Waals surface area contributed by atoms with Crippen LogP contribution in [-0.2, 0) is 0 Å². The molecular weight excluding hydrogens is 268 g/mol. The van der Waals surface area contributed by atoms with Crippen LogP contribution >= 0.6 is 23.4 Å². The smallest absolute Gasteiger partial charge is 0.256 e. The summed E-state index contributed by atoms with van der Waals surface area (Å²) in [5.41, 5.74) is 1.48. The van der Waals surface area contributed by atoms with E-state index in [1.54, 1.807) is 12.1 Å². The van der Waals surface area contributed by atoms with E-state index in [0.29, 0.717) is 10.6 Å². The number of nitrogens with zero attached hydrogens (tertiary/aromatic N) is 1. The maximum atomic E-state index is 12.6. The van der Waals surface area contributed by atoms with Crippen molar-refractivity contribution < 1.29 is 4.79 Å². The molecule has 2 rings (SSSR count). The lowest BCUT2D eigenvalue weighted by Crippen LogP contribution is -2.44. The van der Waals surface area contributed by atoms with Crippen LogP contribution < -0.4 is 5.32 Å². The maximum absolute atomic E-state index is 12.6. The van der Waals surface area contributed by atoms with Crippen molar-refractivity contribution in [2.75, 3.05) is 30.4 Å². The zero-order valence-corrected chi connectivity index (χ0v) is 12.1. The molecule has 1 aliphatic rings. The Kier molecular flexibility index (Phi) is 4.40. The first-order chi connectivity index (χ1) is 8.63. The lowest BCUT2D eigenvalue weighted by atomic mass is 10.1. The molecule has 1 amide bonds. The second-order valence-electron chi connectivity index (χ2n) is 4.36. The van der Waals surface area contributed by atoms with Gasteiger partial charge in [0.15, 0.2) is 0 Å². The van der Waals surface area contributed by atoms with Gasteiger partial charge in [-0.15, -0.1) is 0 Å². The highest BCUT2D eigenvalue weighted by Gasteiger charge is 2.26. The minimum atomic E-state index is 0.0645. The molecule has 0 bridgehead atoms. The number of rotatable bonds is 2. The molecule has 1 heterocycles. The summed E-state index contributed by atoms with van der Waals surface area (Å²) in [5, 5.41) is 3.64. The fraction of sp³-hybridized carbons (Fsp3) is 0.462. The molecule has 0 aliphatic carbocycles. The Morgan fingerprint density at radius 2 is 2.33 bits per heavy atom. The second-order valence-corrected chi connectivity index (χ2v) is 5.95. The van der Waals surface area contributed by atoms with Crippen molar-refractivity contribution in [1.82, 2.24) is 4.90 Å². The van der Waals surface area contributed by atoms with Gasteiger partial charge in [0, 0.05) is 41.8 Å². The highest BCUT2D eigenvalue weighted by molar-refractivity contribution is 7.99. The summed E-state index contributed by atoms with van der Waals surface area (Å²) in [6.07, 6.45) is 0. The van der Waals surface area contributed by atoms with Gasteiger partial charge < -0.3 is 10.2 Å². The minimum Gasteiger partial charge on any atom is -0.387 e. The third-order valence-corrected chi connectivity index (χ3v) is 4.53. The van der Waals surface area contributed by atoms with Gasteiger partial charge in [-0.25, -0.2) is 0 Å². The molecular formula is C13H17ClN2OS. The number of thioether (sulfide) groups is 1. The Bertz CT molecular complexity index is 453. The lowest BCUT2D eigenvalue weighted by Gasteiger charge is -2.33. The van der Waals surface area contributed by atoms with Gasteiger partial charge in [0.25, 0.3) is 5.91 Å². The number of halogens is 1. The highest BCUT2D eigenvalue weighted by atomic mass is 35.5. The number of benzene rings is 1. The zero-order valence-electron chi connectivity index (χ0n) is 10.6. The van der Waals surface area contributed by atoms with Crippen molar-refractivity contribution in [2.45, 2.75) is 13.0 Å². The molecule has 1 fully saturated rings. The van der Waals surface area contributed by atoms with E-state index < -0.39 is 0 Å². The molecule has 1 aromatic rings. The number of anilines is 1. The Hall–Kier alpha value is -0.870. The number of amides is 1. The second kappa shape index (κ2) is 5.85. The SMILES string of the molecule is CNc1ccc(Cl)cc1C(=O)N1CCSCC1C. The molecule has 1 unspecified atom stereocenters. The van der Waals surface area contributed by atoms with Crippen LogP contribution in [0.15, 0.2) is 18.2 Å². The van der Waals surface area contributed by atoms with Crippen molar-refractivity contribution in [1.29, 1.82) is 0 Å². The minimum absolute atomic E-state index is 0.0645. The van der Waals surface area contributed by atoms with E-state index in [0.717, 1.165) is 23.7 Å². The number of nitrogens with one attached hydrogen (secondary N) is 1. The Morgan fingerprint density at radius 1 is 1.56 bits per heavy atom. The summed E-state index contributed by atoms with van der Waals surface area (Å²) < 4.78 is 0. The van der Waals surface area contributed by atoms with Crippen molar-refractivity contribution >= 4 is 35.0 Å². The van der Waals surface area contributed by atoms with Gasteiger partial charge in [0.05, 0.1) is 5.56 Å². The summed E-state index contributed by atoms with van der Waals surface area (Å²) in [5.74, 6) is 2.07. The molecule has 1 atom stereocenters. The molecule has 0 spiro atoms. The van der Waals surface area contributed by atoms with Crippen molar-refractivity contribution in [2.24, 2.45) is 0 Å². The van der Waals surface area contributed by atoms with Crippen LogP contribution in [0.3, 0.4) is 0 Å². The van der Waals surface area contributed by atoms with E-state index >= 15 is 0 Å². The zero-order chi connectivity index (χ0) is 13.1. The first kappa shape index (κ1) is 13.6. The monoisotopic (exact) mass is 284 g/mol. The normalized spacial score (nSPS) is 19.7. The van der Waals surface area contributed by atoms with Crippen LogP contribution in [0.1, 0.15) is 17.3 Å². The summed E-state index contributed by atoms with van der Waals surface area (Å²) in [6, 6.07) is 5.66. The topological polar surface area (TPSA) is 32.3 Å². The van der Waals surface area contributed by atoms with Gasteiger partial charge in [0.2, 0.25) is 0 Å². The van der Waals surface area contributed by atoms with E-state index in [1.807, 2.05) is 29.8 Å². The van der Waals surface area contributed by atoms with Crippen LogP contribution in [0.4, 0.5) is 5.69 Å². The fourth-order valence-corrected chi connectivity index (χ4v) is 3.28. The van der Waals surface area contributed by atoms with Gasteiger partial charge in [-0.3, -0.25) is 4.79 Å². The molecule has 1 aliphatic heterocycles. The largest absolute Gasteiger partial charge is 0.387 e. The Morgan fingerprint density at radius 3 is 3.00 bits per heavy atom. The molecule has 1 saturated heterocycles. The van der Waals surface area contributed by atoms with Crippen molar-refractivity contribution in [3.8, 4) is 0 Å². The average Bonchev–Trinajstić information content (AvgIpc) is 2.38. The molecule has 1 N–H and O–H groups in total. The number of carbonyl (C=O) groups is 1. The standard InChI is InChI=1S/C13H17ClN2OS/c1-9-8-18-6-5-16(9)13(17)11-7-10(14)3-4-12(11)15-2/h3-4,7,9,15H,5-6,8H2,1-2H3.